The standard InChI is InChI=1S/C23H28N4O4/c1-30-20-12-8-6-10-18(20)16-24-26-22(28)14-4-3-5-15-23(29)27-25-17-19-11-7-9-13-21(19)31-2/h6-13,16-17H,3-5,14-15H2,1-2H3,(H,26,28)(H,27,29)/b24-16+,25-17+. The third-order valence-electron chi connectivity index (χ3n) is 4.37. The van der Waals surface area contributed by atoms with Crippen LogP contribution in [0, 0.1) is 0 Å². The van der Waals surface area contributed by atoms with Gasteiger partial charge in [0.1, 0.15) is 11.5 Å². The summed E-state index contributed by atoms with van der Waals surface area (Å²) in [6.45, 7) is 0. The van der Waals surface area contributed by atoms with Crippen molar-refractivity contribution >= 4 is 24.2 Å². The quantitative estimate of drug-likeness (QED) is 0.310. The molecule has 0 saturated carbocycles. The molecule has 0 unspecified atom stereocenters. The Labute approximate surface area is 182 Å². The first kappa shape index (κ1) is 23.6. The van der Waals surface area contributed by atoms with Gasteiger partial charge in [0.2, 0.25) is 11.8 Å². The summed E-state index contributed by atoms with van der Waals surface area (Å²) in [5, 5.41) is 7.91. The molecule has 0 saturated heterocycles. The summed E-state index contributed by atoms with van der Waals surface area (Å²) in [7, 11) is 3.16. The zero-order chi connectivity index (χ0) is 22.3. The van der Waals surface area contributed by atoms with Crippen molar-refractivity contribution in [2.24, 2.45) is 10.2 Å². The lowest BCUT2D eigenvalue weighted by Crippen LogP contribution is -2.18. The first-order chi connectivity index (χ1) is 15.1. The van der Waals surface area contributed by atoms with Gasteiger partial charge in [-0.2, -0.15) is 10.2 Å². The SMILES string of the molecule is COc1ccccc1/C=N/NC(=O)CCCCCC(=O)N/N=C/c1ccccc1OC. The van der Waals surface area contributed by atoms with Gasteiger partial charge in [-0.15, -0.1) is 0 Å². The Morgan fingerprint density at radius 2 is 1.16 bits per heavy atom. The van der Waals surface area contributed by atoms with E-state index < -0.39 is 0 Å². The molecular formula is C23H28N4O4. The number of benzene rings is 2. The highest BCUT2D eigenvalue weighted by molar-refractivity contribution is 5.86. The fraction of sp³-hybridized carbons (Fsp3) is 0.304. The van der Waals surface area contributed by atoms with Crippen LogP contribution in [0.3, 0.4) is 0 Å². The van der Waals surface area contributed by atoms with Gasteiger partial charge in [0.15, 0.2) is 0 Å². The van der Waals surface area contributed by atoms with Gasteiger partial charge in [-0.1, -0.05) is 30.7 Å². The molecule has 8 heteroatoms. The second kappa shape index (κ2) is 13.5. The normalized spacial score (nSPS) is 10.9. The van der Waals surface area contributed by atoms with E-state index in [1.165, 1.54) is 0 Å². The van der Waals surface area contributed by atoms with Crippen molar-refractivity contribution in [1.82, 2.24) is 10.9 Å². The van der Waals surface area contributed by atoms with Crippen LogP contribution in [0.25, 0.3) is 0 Å². The smallest absolute Gasteiger partial charge is 0.240 e. The van der Waals surface area contributed by atoms with Crippen molar-refractivity contribution in [2.75, 3.05) is 14.2 Å². The average Bonchev–Trinajstić information content (AvgIpc) is 2.79. The van der Waals surface area contributed by atoms with E-state index in [9.17, 15) is 9.59 Å². The fourth-order valence-electron chi connectivity index (χ4n) is 2.75. The molecule has 2 aromatic carbocycles. The van der Waals surface area contributed by atoms with E-state index in [1.54, 1.807) is 26.6 Å². The number of nitrogens with zero attached hydrogens (tertiary/aromatic N) is 2. The van der Waals surface area contributed by atoms with Crippen LogP contribution in [-0.4, -0.2) is 38.5 Å². The zero-order valence-electron chi connectivity index (χ0n) is 17.8. The van der Waals surface area contributed by atoms with E-state index >= 15 is 0 Å². The molecule has 0 heterocycles. The van der Waals surface area contributed by atoms with Gasteiger partial charge in [-0.25, -0.2) is 10.9 Å². The third-order valence-corrected chi connectivity index (χ3v) is 4.37. The van der Waals surface area contributed by atoms with Crippen molar-refractivity contribution in [2.45, 2.75) is 32.1 Å². The van der Waals surface area contributed by atoms with Crippen LogP contribution in [0.15, 0.2) is 58.7 Å². The van der Waals surface area contributed by atoms with E-state index in [4.69, 9.17) is 9.47 Å². The molecule has 0 fully saturated rings. The van der Waals surface area contributed by atoms with Crippen LogP contribution in [0.5, 0.6) is 11.5 Å². The maximum absolute atomic E-state index is 11.8. The largest absolute Gasteiger partial charge is 0.496 e. The molecule has 0 aliphatic heterocycles. The summed E-state index contributed by atoms with van der Waals surface area (Å²) in [6.07, 6.45) is 5.89. The number of methoxy groups -OCH3 is 2. The number of nitrogens with one attached hydrogen (secondary N) is 2. The number of para-hydroxylation sites is 2. The van der Waals surface area contributed by atoms with Crippen LogP contribution in [0.4, 0.5) is 0 Å². The minimum atomic E-state index is -0.169. The molecule has 2 rings (SSSR count). The van der Waals surface area contributed by atoms with Crippen LogP contribution in [0.2, 0.25) is 0 Å². The second-order valence-corrected chi connectivity index (χ2v) is 6.63. The Hall–Kier alpha value is -3.68. The maximum atomic E-state index is 11.8. The lowest BCUT2D eigenvalue weighted by atomic mass is 10.1. The lowest BCUT2D eigenvalue weighted by molar-refractivity contribution is -0.121. The van der Waals surface area contributed by atoms with Crippen molar-refractivity contribution in [3.05, 3.63) is 59.7 Å². The molecule has 0 aliphatic carbocycles. The van der Waals surface area contributed by atoms with Gasteiger partial charge < -0.3 is 9.47 Å². The molecule has 0 bridgehead atoms. The summed E-state index contributed by atoms with van der Waals surface area (Å²) in [4.78, 5) is 23.7. The third kappa shape index (κ3) is 8.69. The first-order valence-electron chi connectivity index (χ1n) is 10.0. The lowest BCUT2D eigenvalue weighted by Gasteiger charge is -2.04. The number of hydrogen-bond donors (Lipinski definition) is 2. The topological polar surface area (TPSA) is 101 Å². The average molecular weight is 425 g/mol. The summed E-state index contributed by atoms with van der Waals surface area (Å²) < 4.78 is 10.4. The second-order valence-electron chi connectivity index (χ2n) is 6.63. The van der Waals surface area contributed by atoms with E-state index in [0.29, 0.717) is 37.2 Å². The van der Waals surface area contributed by atoms with Crippen molar-refractivity contribution in [3.63, 3.8) is 0 Å². The number of amides is 2. The van der Waals surface area contributed by atoms with E-state index in [0.717, 1.165) is 17.5 Å². The monoisotopic (exact) mass is 424 g/mol. The predicted octanol–water partition coefficient (Wildman–Crippen LogP) is 3.25. The van der Waals surface area contributed by atoms with Crippen LogP contribution >= 0.6 is 0 Å². The predicted molar refractivity (Wildman–Crippen MR) is 121 cm³/mol. The molecule has 2 aromatic rings. The Kier molecular flexibility index (Phi) is 10.3. The molecule has 164 valence electrons. The number of carbonyl (C=O) groups is 2. The van der Waals surface area contributed by atoms with Crippen molar-refractivity contribution < 1.29 is 19.1 Å². The van der Waals surface area contributed by atoms with Gasteiger partial charge in [0.25, 0.3) is 0 Å². The van der Waals surface area contributed by atoms with Crippen molar-refractivity contribution in [1.29, 1.82) is 0 Å². The molecular weight excluding hydrogens is 396 g/mol. The molecule has 0 spiro atoms. The molecule has 0 aromatic heterocycles. The first-order valence-corrected chi connectivity index (χ1v) is 10.0. The Bertz CT molecular complexity index is 838. The molecule has 2 N–H and O–H groups in total. The van der Waals surface area contributed by atoms with Gasteiger partial charge in [-0.05, 0) is 37.1 Å². The summed E-state index contributed by atoms with van der Waals surface area (Å²) in [6, 6.07) is 14.8. The number of ether oxygens (including phenoxy) is 2. The number of hydrogen-bond acceptors (Lipinski definition) is 6. The minimum absolute atomic E-state index is 0.169. The Morgan fingerprint density at radius 3 is 1.58 bits per heavy atom. The zero-order valence-corrected chi connectivity index (χ0v) is 17.8. The molecule has 0 atom stereocenters. The van der Waals surface area contributed by atoms with Gasteiger partial charge in [0, 0.05) is 24.0 Å². The molecule has 0 aliphatic rings. The number of carbonyl (C=O) groups excluding carboxylic acids is 2. The summed E-state index contributed by atoms with van der Waals surface area (Å²) in [5.74, 6) is 1.03. The van der Waals surface area contributed by atoms with Crippen LogP contribution in [0.1, 0.15) is 43.2 Å². The summed E-state index contributed by atoms with van der Waals surface area (Å²) in [5.41, 5.74) is 6.57. The van der Waals surface area contributed by atoms with E-state index in [-0.39, 0.29) is 11.8 Å². The van der Waals surface area contributed by atoms with Crippen molar-refractivity contribution in [3.8, 4) is 11.5 Å². The van der Waals surface area contributed by atoms with Gasteiger partial charge in [-0.3, -0.25) is 9.59 Å². The molecule has 2 amide bonds. The van der Waals surface area contributed by atoms with Crippen LogP contribution < -0.4 is 20.3 Å². The molecule has 0 radical (unpaired) electrons. The highest BCUT2D eigenvalue weighted by Crippen LogP contribution is 2.15. The molecule has 8 nitrogen and oxygen atoms in total. The fourth-order valence-corrected chi connectivity index (χ4v) is 2.75. The highest BCUT2D eigenvalue weighted by Gasteiger charge is 2.03. The minimum Gasteiger partial charge on any atom is -0.496 e. The maximum Gasteiger partial charge on any atom is 0.240 e. The summed E-state index contributed by atoms with van der Waals surface area (Å²) >= 11 is 0. The van der Waals surface area contributed by atoms with Crippen LogP contribution in [-0.2, 0) is 9.59 Å². The van der Waals surface area contributed by atoms with E-state index in [2.05, 4.69) is 21.1 Å². The number of unbranched alkanes of at least 4 members (excludes halogenated alkanes) is 2. The van der Waals surface area contributed by atoms with Gasteiger partial charge in [0.05, 0.1) is 26.6 Å². The Balaban J connectivity index is 1.59. The van der Waals surface area contributed by atoms with E-state index in [1.807, 2.05) is 48.5 Å². The molecule has 31 heavy (non-hydrogen) atoms. The van der Waals surface area contributed by atoms with Gasteiger partial charge >= 0.3 is 0 Å². The number of rotatable bonds is 12. The highest BCUT2D eigenvalue weighted by atomic mass is 16.5. The number of hydrazone groups is 2. The Morgan fingerprint density at radius 1 is 0.742 bits per heavy atom.